The minimum Gasteiger partial charge on any atom is -0.508 e. The van der Waals surface area contributed by atoms with Gasteiger partial charge in [-0.1, -0.05) is 43.0 Å². The molecule has 0 bridgehead atoms. The van der Waals surface area contributed by atoms with Crippen LogP contribution in [0.25, 0.3) is 5.76 Å². The minimum atomic E-state index is -0.781. The number of halogens is 1. The number of phenolic OH excluding ortho intramolecular Hbond substituents is 1. The molecule has 1 saturated carbocycles. The molecule has 2 N–H and O–H groups in total. The topological polar surface area (TPSA) is 87.1 Å². The fourth-order valence-corrected chi connectivity index (χ4v) is 4.77. The summed E-state index contributed by atoms with van der Waals surface area (Å²) in [6.07, 6.45) is 4.67. The number of carbonyl (C=O) groups is 2. The van der Waals surface area contributed by atoms with Crippen molar-refractivity contribution < 1.29 is 24.5 Å². The van der Waals surface area contributed by atoms with Gasteiger partial charge in [-0.15, -0.1) is 0 Å². The highest BCUT2D eigenvalue weighted by Gasteiger charge is 2.49. The number of carbonyl (C=O) groups excluding carboxylic acids is 2. The molecule has 1 unspecified atom stereocenters. The maximum atomic E-state index is 13.1. The van der Waals surface area contributed by atoms with Crippen LogP contribution in [0.4, 0.5) is 0 Å². The lowest BCUT2D eigenvalue weighted by atomic mass is 9.91. The Kier molecular flexibility index (Phi) is 5.92. The monoisotopic (exact) mass is 441 g/mol. The number of hydrogen-bond donors (Lipinski definition) is 2. The lowest BCUT2D eigenvalue weighted by Gasteiger charge is -2.35. The van der Waals surface area contributed by atoms with Crippen molar-refractivity contribution in [1.82, 2.24) is 4.90 Å². The van der Waals surface area contributed by atoms with Crippen LogP contribution in [0.15, 0.2) is 48.0 Å². The maximum absolute atomic E-state index is 13.1. The molecule has 0 aromatic heterocycles. The van der Waals surface area contributed by atoms with Gasteiger partial charge in [-0.3, -0.25) is 9.59 Å². The molecule has 2 aliphatic rings. The molecular weight excluding hydrogens is 418 g/mol. The van der Waals surface area contributed by atoms with Gasteiger partial charge in [0.05, 0.1) is 23.7 Å². The summed E-state index contributed by atoms with van der Waals surface area (Å²) < 4.78 is 5.23. The molecule has 7 heteroatoms. The van der Waals surface area contributed by atoms with E-state index in [1.807, 2.05) is 0 Å². The van der Waals surface area contributed by atoms with Gasteiger partial charge in [0, 0.05) is 11.6 Å². The molecule has 1 amide bonds. The molecule has 162 valence electrons. The second-order valence-electron chi connectivity index (χ2n) is 7.94. The predicted molar refractivity (Wildman–Crippen MR) is 117 cm³/mol. The molecule has 1 aliphatic carbocycles. The maximum Gasteiger partial charge on any atom is 0.295 e. The first-order valence-electron chi connectivity index (χ1n) is 10.4. The largest absolute Gasteiger partial charge is 0.508 e. The van der Waals surface area contributed by atoms with Crippen LogP contribution in [0.5, 0.6) is 11.5 Å². The van der Waals surface area contributed by atoms with Crippen LogP contribution in [0.1, 0.15) is 49.3 Å². The minimum absolute atomic E-state index is 0.00514. The van der Waals surface area contributed by atoms with Gasteiger partial charge in [-0.25, -0.2) is 0 Å². The molecule has 0 radical (unpaired) electrons. The fourth-order valence-electron chi connectivity index (χ4n) is 4.57. The summed E-state index contributed by atoms with van der Waals surface area (Å²) in [5.41, 5.74) is 0.908. The smallest absolute Gasteiger partial charge is 0.295 e. The average Bonchev–Trinajstić information content (AvgIpc) is 3.05. The normalized spacial score (nSPS) is 21.5. The molecule has 2 aromatic carbocycles. The number of ketones is 1. The summed E-state index contributed by atoms with van der Waals surface area (Å²) >= 11 is 6.10. The van der Waals surface area contributed by atoms with E-state index in [2.05, 4.69) is 0 Å². The van der Waals surface area contributed by atoms with Crippen molar-refractivity contribution >= 4 is 29.1 Å². The summed E-state index contributed by atoms with van der Waals surface area (Å²) in [7, 11) is 1.46. The van der Waals surface area contributed by atoms with Gasteiger partial charge in [0.25, 0.3) is 11.7 Å². The SMILES string of the molecule is COc1cc(/C(O)=C2/C(=O)C(=O)N(C3CCCCC3)C2c2cccc(O)c2)ccc1Cl. The lowest BCUT2D eigenvalue weighted by Crippen LogP contribution is -2.40. The Labute approximate surface area is 185 Å². The molecule has 4 rings (SSSR count). The number of Topliss-reactive ketones (excluding diaryl/α,β-unsaturated/α-hetero) is 1. The van der Waals surface area contributed by atoms with Gasteiger partial charge >= 0.3 is 0 Å². The van der Waals surface area contributed by atoms with Gasteiger partial charge in [-0.05, 0) is 48.7 Å². The van der Waals surface area contributed by atoms with E-state index in [0.29, 0.717) is 21.9 Å². The van der Waals surface area contributed by atoms with Crippen LogP contribution in [0.3, 0.4) is 0 Å². The summed E-state index contributed by atoms with van der Waals surface area (Å²) in [4.78, 5) is 27.8. The van der Waals surface area contributed by atoms with Crippen molar-refractivity contribution in [2.24, 2.45) is 0 Å². The van der Waals surface area contributed by atoms with E-state index in [4.69, 9.17) is 16.3 Å². The first-order chi connectivity index (χ1) is 14.9. The van der Waals surface area contributed by atoms with Crippen molar-refractivity contribution in [2.45, 2.75) is 44.2 Å². The number of ether oxygens (including phenoxy) is 1. The van der Waals surface area contributed by atoms with E-state index in [1.165, 1.54) is 25.3 Å². The highest BCUT2D eigenvalue weighted by Crippen LogP contribution is 2.44. The fraction of sp³-hybridized carbons (Fsp3) is 0.333. The molecule has 1 heterocycles. The number of methoxy groups -OCH3 is 1. The number of rotatable bonds is 4. The number of amides is 1. The zero-order valence-corrected chi connectivity index (χ0v) is 17.9. The third-order valence-corrected chi connectivity index (χ3v) is 6.37. The van der Waals surface area contributed by atoms with Crippen LogP contribution in [0.2, 0.25) is 5.02 Å². The number of nitrogens with zero attached hydrogens (tertiary/aromatic N) is 1. The van der Waals surface area contributed by atoms with Crippen molar-refractivity contribution in [1.29, 1.82) is 0 Å². The molecule has 1 saturated heterocycles. The van der Waals surface area contributed by atoms with Gasteiger partial charge in [0.15, 0.2) is 0 Å². The van der Waals surface area contributed by atoms with E-state index in [0.717, 1.165) is 32.1 Å². The third kappa shape index (κ3) is 3.88. The number of phenols is 1. The van der Waals surface area contributed by atoms with Gasteiger partial charge in [-0.2, -0.15) is 0 Å². The highest BCUT2D eigenvalue weighted by atomic mass is 35.5. The Bertz CT molecular complexity index is 1060. The summed E-state index contributed by atoms with van der Waals surface area (Å²) in [5.74, 6) is -1.27. The number of benzene rings is 2. The van der Waals surface area contributed by atoms with Crippen LogP contribution in [-0.4, -0.2) is 40.0 Å². The number of hydrogen-bond acceptors (Lipinski definition) is 5. The molecule has 1 atom stereocenters. The first-order valence-corrected chi connectivity index (χ1v) is 10.7. The van der Waals surface area contributed by atoms with Crippen molar-refractivity contribution in [3.63, 3.8) is 0 Å². The molecule has 6 nitrogen and oxygen atoms in total. The molecule has 31 heavy (non-hydrogen) atoms. The number of likely N-dealkylation sites (tertiary alicyclic amines) is 1. The number of aromatic hydroxyl groups is 1. The molecular formula is C24H24ClNO5. The number of aliphatic hydroxyl groups is 1. The Balaban J connectivity index is 1.89. The first kappa shape index (κ1) is 21.2. The molecule has 2 aromatic rings. The Hall–Kier alpha value is -2.99. The van der Waals surface area contributed by atoms with Crippen LogP contribution in [0, 0.1) is 0 Å². The Morgan fingerprint density at radius 2 is 1.84 bits per heavy atom. The Morgan fingerprint density at radius 1 is 1.10 bits per heavy atom. The van der Waals surface area contributed by atoms with Crippen molar-refractivity contribution in [3.05, 3.63) is 64.2 Å². The van der Waals surface area contributed by atoms with Crippen LogP contribution >= 0.6 is 11.6 Å². The van der Waals surface area contributed by atoms with E-state index in [1.54, 1.807) is 29.2 Å². The lowest BCUT2D eigenvalue weighted by molar-refractivity contribution is -0.141. The van der Waals surface area contributed by atoms with E-state index >= 15 is 0 Å². The number of aliphatic hydroxyl groups excluding tert-OH is 1. The van der Waals surface area contributed by atoms with Crippen LogP contribution in [-0.2, 0) is 9.59 Å². The summed E-state index contributed by atoms with van der Waals surface area (Å²) in [5, 5.41) is 21.6. The summed E-state index contributed by atoms with van der Waals surface area (Å²) in [6.45, 7) is 0. The van der Waals surface area contributed by atoms with E-state index < -0.39 is 17.7 Å². The summed E-state index contributed by atoms with van der Waals surface area (Å²) in [6, 6.07) is 10.3. The second kappa shape index (κ2) is 8.63. The molecule has 0 spiro atoms. The van der Waals surface area contributed by atoms with E-state index in [9.17, 15) is 19.8 Å². The highest BCUT2D eigenvalue weighted by molar-refractivity contribution is 6.46. The quantitative estimate of drug-likeness (QED) is 0.404. The van der Waals surface area contributed by atoms with Gasteiger partial charge in [0.1, 0.15) is 17.3 Å². The average molecular weight is 442 g/mol. The van der Waals surface area contributed by atoms with Gasteiger partial charge < -0.3 is 19.8 Å². The van der Waals surface area contributed by atoms with Gasteiger partial charge in [0.2, 0.25) is 0 Å². The van der Waals surface area contributed by atoms with Crippen LogP contribution < -0.4 is 4.74 Å². The Morgan fingerprint density at radius 3 is 2.52 bits per heavy atom. The molecule has 1 aliphatic heterocycles. The van der Waals surface area contributed by atoms with E-state index in [-0.39, 0.29) is 23.1 Å². The standard InChI is InChI=1S/C24H24ClNO5/c1-31-19-13-15(10-11-18(19)25)22(28)20-21(14-6-5-9-17(27)12-14)26(24(30)23(20)29)16-7-3-2-4-8-16/h5-6,9-13,16,21,27-28H,2-4,7-8H2,1H3/b22-20-. The molecule has 2 fully saturated rings. The zero-order valence-electron chi connectivity index (χ0n) is 17.2. The second-order valence-corrected chi connectivity index (χ2v) is 8.35. The van der Waals surface area contributed by atoms with Crippen molar-refractivity contribution in [2.75, 3.05) is 7.11 Å². The van der Waals surface area contributed by atoms with Crippen molar-refractivity contribution in [3.8, 4) is 11.5 Å². The zero-order chi connectivity index (χ0) is 22.1. The third-order valence-electron chi connectivity index (χ3n) is 6.06. The predicted octanol–water partition coefficient (Wildman–Crippen LogP) is 4.81.